The van der Waals surface area contributed by atoms with E-state index in [1.807, 2.05) is 11.4 Å². The molecule has 0 aliphatic carbocycles. The summed E-state index contributed by atoms with van der Waals surface area (Å²) in [6.45, 7) is 0.587. The molecule has 0 fully saturated rings. The number of hydrogen-bond donors (Lipinski definition) is 1. The molecule has 0 spiro atoms. The summed E-state index contributed by atoms with van der Waals surface area (Å²) in [7, 11) is 0. The molecule has 18 heavy (non-hydrogen) atoms. The van der Waals surface area contributed by atoms with Crippen LogP contribution in [-0.4, -0.2) is 12.5 Å². The summed E-state index contributed by atoms with van der Waals surface area (Å²) in [6, 6.07) is 8.39. The second kappa shape index (κ2) is 6.31. The van der Waals surface area contributed by atoms with Gasteiger partial charge in [0.15, 0.2) is 0 Å². The van der Waals surface area contributed by atoms with Gasteiger partial charge < -0.3 is 5.32 Å². The lowest BCUT2D eigenvalue weighted by molar-refractivity contribution is -0.120. The van der Waals surface area contributed by atoms with E-state index in [1.165, 1.54) is 11.6 Å². The number of carbonyl (C=O) groups excluding carboxylic acids is 1. The van der Waals surface area contributed by atoms with Crippen LogP contribution in [0.25, 0.3) is 0 Å². The number of thiophene rings is 1. The van der Waals surface area contributed by atoms with Crippen LogP contribution in [0.4, 0.5) is 4.39 Å². The van der Waals surface area contributed by atoms with Gasteiger partial charge in [-0.1, -0.05) is 18.2 Å². The van der Waals surface area contributed by atoms with Gasteiger partial charge in [-0.2, -0.15) is 11.3 Å². The third-order valence-corrected chi connectivity index (χ3v) is 3.36. The number of rotatable bonds is 5. The average Bonchev–Trinajstić information content (AvgIpc) is 2.85. The zero-order valence-corrected chi connectivity index (χ0v) is 10.7. The van der Waals surface area contributed by atoms with Crippen LogP contribution in [0, 0.1) is 5.82 Å². The van der Waals surface area contributed by atoms with Crippen molar-refractivity contribution in [2.45, 2.75) is 12.8 Å². The first-order valence-corrected chi connectivity index (χ1v) is 6.71. The minimum absolute atomic E-state index is 0.0936. The molecule has 1 heterocycles. The number of halogens is 1. The summed E-state index contributed by atoms with van der Waals surface area (Å²) >= 11 is 1.64. The molecule has 1 aromatic carbocycles. The van der Waals surface area contributed by atoms with Crippen molar-refractivity contribution in [2.75, 3.05) is 6.54 Å². The van der Waals surface area contributed by atoms with Gasteiger partial charge >= 0.3 is 0 Å². The Kier molecular flexibility index (Phi) is 4.47. The van der Waals surface area contributed by atoms with E-state index in [2.05, 4.69) is 10.7 Å². The Balaban J connectivity index is 1.77. The third-order valence-electron chi connectivity index (χ3n) is 2.62. The Labute approximate surface area is 109 Å². The van der Waals surface area contributed by atoms with Gasteiger partial charge in [0, 0.05) is 6.54 Å². The summed E-state index contributed by atoms with van der Waals surface area (Å²) in [5, 5.41) is 6.86. The van der Waals surface area contributed by atoms with E-state index >= 15 is 0 Å². The highest BCUT2D eigenvalue weighted by Gasteiger charge is 2.06. The molecule has 1 amide bonds. The number of amides is 1. The lowest BCUT2D eigenvalue weighted by Crippen LogP contribution is -2.27. The van der Waals surface area contributed by atoms with Crippen molar-refractivity contribution in [2.24, 2.45) is 0 Å². The van der Waals surface area contributed by atoms with Crippen LogP contribution in [0.15, 0.2) is 41.1 Å². The van der Waals surface area contributed by atoms with Crippen molar-refractivity contribution in [3.8, 4) is 0 Å². The summed E-state index contributed by atoms with van der Waals surface area (Å²) < 4.78 is 13.3. The fourth-order valence-electron chi connectivity index (χ4n) is 1.66. The van der Waals surface area contributed by atoms with Crippen LogP contribution in [0.3, 0.4) is 0 Å². The van der Waals surface area contributed by atoms with Gasteiger partial charge in [-0.15, -0.1) is 0 Å². The Morgan fingerprint density at radius 3 is 2.83 bits per heavy atom. The molecule has 0 unspecified atom stereocenters. The summed E-state index contributed by atoms with van der Waals surface area (Å²) in [6.07, 6.45) is 0.906. The first-order valence-electron chi connectivity index (χ1n) is 5.77. The molecular weight excluding hydrogens is 249 g/mol. The number of carbonyl (C=O) groups is 1. The van der Waals surface area contributed by atoms with Crippen LogP contribution >= 0.6 is 11.3 Å². The number of nitrogens with one attached hydrogen (secondary N) is 1. The lowest BCUT2D eigenvalue weighted by Gasteiger charge is -2.05. The molecule has 4 heteroatoms. The number of benzene rings is 1. The van der Waals surface area contributed by atoms with Crippen LogP contribution in [-0.2, 0) is 17.6 Å². The minimum Gasteiger partial charge on any atom is -0.355 e. The van der Waals surface area contributed by atoms with E-state index in [0.717, 1.165) is 6.42 Å². The van der Waals surface area contributed by atoms with Crippen LogP contribution in [0.5, 0.6) is 0 Å². The summed E-state index contributed by atoms with van der Waals surface area (Å²) in [4.78, 5) is 11.6. The molecule has 1 aromatic heterocycles. The second-order valence-corrected chi connectivity index (χ2v) is 4.78. The van der Waals surface area contributed by atoms with Gasteiger partial charge in [0.2, 0.25) is 5.91 Å². The second-order valence-electron chi connectivity index (χ2n) is 4.00. The highest BCUT2D eigenvalue weighted by Crippen LogP contribution is 2.07. The molecule has 2 nitrogen and oxygen atoms in total. The zero-order chi connectivity index (χ0) is 12.8. The highest BCUT2D eigenvalue weighted by molar-refractivity contribution is 7.07. The number of hydrogen-bond acceptors (Lipinski definition) is 2. The third kappa shape index (κ3) is 3.67. The van der Waals surface area contributed by atoms with Gasteiger partial charge in [-0.25, -0.2) is 4.39 Å². The van der Waals surface area contributed by atoms with Gasteiger partial charge in [0.25, 0.3) is 0 Å². The predicted molar refractivity (Wildman–Crippen MR) is 71.1 cm³/mol. The Morgan fingerprint density at radius 2 is 2.11 bits per heavy atom. The van der Waals surface area contributed by atoms with Crippen molar-refractivity contribution in [1.82, 2.24) is 5.32 Å². The topological polar surface area (TPSA) is 29.1 Å². The van der Waals surface area contributed by atoms with Crippen LogP contribution in [0.1, 0.15) is 11.1 Å². The van der Waals surface area contributed by atoms with Crippen molar-refractivity contribution in [3.05, 3.63) is 58.0 Å². The SMILES string of the molecule is O=C(Cc1ccccc1F)NCCc1ccsc1. The van der Waals surface area contributed by atoms with Crippen molar-refractivity contribution >= 4 is 17.2 Å². The predicted octanol–water partition coefficient (Wildman–Crippen LogP) is 2.79. The quantitative estimate of drug-likeness (QED) is 0.883. The largest absolute Gasteiger partial charge is 0.355 e. The molecular formula is C14H14FNOS. The standard InChI is InChI=1S/C14H14FNOS/c15-13-4-2-1-3-12(13)9-14(17)16-7-5-11-6-8-18-10-11/h1-4,6,8,10H,5,7,9H2,(H,16,17). The molecule has 0 aliphatic rings. The molecule has 0 saturated carbocycles. The fourth-order valence-corrected chi connectivity index (χ4v) is 2.36. The van der Waals surface area contributed by atoms with Gasteiger partial charge in [-0.3, -0.25) is 4.79 Å². The minimum atomic E-state index is -0.328. The van der Waals surface area contributed by atoms with Crippen LogP contribution in [0.2, 0.25) is 0 Å². The lowest BCUT2D eigenvalue weighted by atomic mass is 10.1. The molecule has 0 aliphatic heterocycles. The molecule has 94 valence electrons. The highest BCUT2D eigenvalue weighted by atomic mass is 32.1. The Hall–Kier alpha value is -1.68. The smallest absolute Gasteiger partial charge is 0.224 e. The van der Waals surface area contributed by atoms with Crippen LogP contribution < -0.4 is 5.32 Å². The van der Waals surface area contributed by atoms with E-state index in [1.54, 1.807) is 29.5 Å². The van der Waals surface area contributed by atoms with E-state index in [9.17, 15) is 9.18 Å². The Morgan fingerprint density at radius 1 is 1.28 bits per heavy atom. The van der Waals surface area contributed by atoms with Crippen molar-refractivity contribution < 1.29 is 9.18 Å². The maximum atomic E-state index is 13.3. The molecule has 0 radical (unpaired) electrons. The normalized spacial score (nSPS) is 10.3. The zero-order valence-electron chi connectivity index (χ0n) is 9.86. The van der Waals surface area contributed by atoms with Gasteiger partial charge in [-0.05, 0) is 40.4 Å². The molecule has 0 atom stereocenters. The molecule has 2 rings (SSSR count). The van der Waals surface area contributed by atoms with Gasteiger partial charge in [0.05, 0.1) is 6.42 Å². The van der Waals surface area contributed by atoms with E-state index in [-0.39, 0.29) is 18.1 Å². The molecule has 0 saturated heterocycles. The van der Waals surface area contributed by atoms with Crippen molar-refractivity contribution in [3.63, 3.8) is 0 Å². The molecule has 0 bridgehead atoms. The van der Waals surface area contributed by atoms with E-state index < -0.39 is 0 Å². The first kappa shape index (κ1) is 12.8. The summed E-state index contributed by atoms with van der Waals surface area (Å²) in [5.74, 6) is -0.471. The molecule has 1 N–H and O–H groups in total. The van der Waals surface area contributed by atoms with Crippen molar-refractivity contribution in [1.29, 1.82) is 0 Å². The first-order chi connectivity index (χ1) is 8.75. The van der Waals surface area contributed by atoms with E-state index in [0.29, 0.717) is 12.1 Å². The Bertz CT molecular complexity index is 510. The van der Waals surface area contributed by atoms with E-state index in [4.69, 9.17) is 0 Å². The maximum absolute atomic E-state index is 13.3. The monoisotopic (exact) mass is 263 g/mol. The molecule has 2 aromatic rings. The average molecular weight is 263 g/mol. The fraction of sp³-hybridized carbons (Fsp3) is 0.214. The summed E-state index contributed by atoms with van der Waals surface area (Å²) in [5.41, 5.74) is 1.65. The van der Waals surface area contributed by atoms with Gasteiger partial charge in [0.1, 0.15) is 5.82 Å². The maximum Gasteiger partial charge on any atom is 0.224 e.